The second-order valence-corrected chi connectivity index (χ2v) is 9.86. The third-order valence-corrected chi connectivity index (χ3v) is 7.59. The summed E-state index contributed by atoms with van der Waals surface area (Å²) in [5, 5.41) is 6.89. The number of rotatable bonds is 2. The Morgan fingerprint density at radius 2 is 1.85 bits per heavy atom. The lowest BCUT2D eigenvalue weighted by molar-refractivity contribution is -0.122. The largest absolute Gasteiger partial charge is 0.483 e. The number of carbonyl (C=O) groups excluding carboxylic acids is 1. The van der Waals surface area contributed by atoms with Gasteiger partial charge >= 0.3 is 0 Å². The van der Waals surface area contributed by atoms with E-state index >= 15 is 0 Å². The van der Waals surface area contributed by atoms with E-state index in [-0.39, 0.29) is 23.9 Å². The van der Waals surface area contributed by atoms with Crippen molar-refractivity contribution in [1.82, 2.24) is 14.5 Å². The average molecular weight is 467 g/mol. The summed E-state index contributed by atoms with van der Waals surface area (Å²) >= 11 is 0. The number of anilines is 1. The van der Waals surface area contributed by atoms with Crippen molar-refractivity contribution < 1.29 is 19.4 Å². The first-order valence-electron chi connectivity index (χ1n) is 11.8. The SMILES string of the molecule is Cc1ccnc(N2C[C@@H]3C[C@H](C2)c2ccc(C(=O)N4C[C@H]5COC[C@H]5C4)c(=O)n2C3)c1.O=CO. The van der Waals surface area contributed by atoms with Crippen LogP contribution in [0.2, 0.25) is 0 Å². The molecule has 4 aliphatic heterocycles. The number of carbonyl (C=O) groups is 2. The van der Waals surface area contributed by atoms with Gasteiger partial charge in [0.05, 0.1) is 13.2 Å². The number of hydrogen-bond donors (Lipinski definition) is 1. The van der Waals surface area contributed by atoms with Gasteiger partial charge in [-0.1, -0.05) is 0 Å². The molecule has 2 aromatic rings. The van der Waals surface area contributed by atoms with Gasteiger partial charge in [-0.3, -0.25) is 14.4 Å². The zero-order chi connectivity index (χ0) is 23.8. The van der Waals surface area contributed by atoms with Crippen LogP contribution in [-0.2, 0) is 16.1 Å². The molecular weight excluding hydrogens is 436 g/mol. The zero-order valence-corrected chi connectivity index (χ0v) is 19.3. The lowest BCUT2D eigenvalue weighted by atomic mass is 9.83. The molecule has 9 heteroatoms. The summed E-state index contributed by atoms with van der Waals surface area (Å²) in [6, 6.07) is 7.93. The van der Waals surface area contributed by atoms with Gasteiger partial charge in [-0.2, -0.15) is 0 Å². The summed E-state index contributed by atoms with van der Waals surface area (Å²) < 4.78 is 7.40. The van der Waals surface area contributed by atoms with Crippen LogP contribution in [0.5, 0.6) is 0 Å². The van der Waals surface area contributed by atoms with Crippen molar-refractivity contribution in [2.24, 2.45) is 17.8 Å². The zero-order valence-electron chi connectivity index (χ0n) is 19.3. The van der Waals surface area contributed by atoms with Crippen LogP contribution in [0.15, 0.2) is 35.3 Å². The molecule has 6 heterocycles. The number of nitrogens with zero attached hydrogens (tertiary/aromatic N) is 4. The molecule has 2 bridgehead atoms. The predicted octanol–water partition coefficient (Wildman–Crippen LogP) is 1.59. The Hall–Kier alpha value is -3.20. The first kappa shape index (κ1) is 22.6. The van der Waals surface area contributed by atoms with Gasteiger partial charge in [0.25, 0.3) is 17.9 Å². The average Bonchev–Trinajstić information content (AvgIpc) is 3.42. The van der Waals surface area contributed by atoms with Crippen molar-refractivity contribution >= 4 is 18.2 Å². The summed E-state index contributed by atoms with van der Waals surface area (Å²) in [5.74, 6) is 2.42. The minimum Gasteiger partial charge on any atom is -0.483 e. The predicted molar refractivity (Wildman–Crippen MR) is 125 cm³/mol. The van der Waals surface area contributed by atoms with Crippen molar-refractivity contribution in [3.63, 3.8) is 0 Å². The highest BCUT2D eigenvalue weighted by molar-refractivity contribution is 5.94. The fourth-order valence-electron chi connectivity index (χ4n) is 6.01. The first-order chi connectivity index (χ1) is 16.5. The minimum atomic E-state index is -0.250. The summed E-state index contributed by atoms with van der Waals surface area (Å²) in [4.78, 5) is 43.6. The van der Waals surface area contributed by atoms with Crippen LogP contribution in [0.4, 0.5) is 5.82 Å². The van der Waals surface area contributed by atoms with Crippen LogP contribution in [-0.4, -0.2) is 71.3 Å². The number of amides is 1. The first-order valence-corrected chi connectivity index (χ1v) is 11.8. The molecule has 9 nitrogen and oxygen atoms in total. The van der Waals surface area contributed by atoms with Crippen LogP contribution in [0.3, 0.4) is 0 Å². The van der Waals surface area contributed by atoms with Crippen LogP contribution >= 0.6 is 0 Å². The number of carboxylic acid groups (broad SMARTS) is 1. The second kappa shape index (κ2) is 9.21. The Morgan fingerprint density at radius 1 is 1.12 bits per heavy atom. The van der Waals surface area contributed by atoms with E-state index in [1.807, 2.05) is 27.8 Å². The monoisotopic (exact) mass is 466 g/mol. The fourth-order valence-corrected chi connectivity index (χ4v) is 6.01. The number of pyridine rings is 2. The van der Waals surface area contributed by atoms with Crippen molar-refractivity contribution in [3.8, 4) is 0 Å². The molecule has 1 N–H and O–H groups in total. The van der Waals surface area contributed by atoms with E-state index in [4.69, 9.17) is 14.6 Å². The standard InChI is InChI=1S/C24H28N4O3.CH2O2/c1-15-4-5-25-22(6-15)26-8-16-7-17(10-26)21-3-2-20(24(30)28(21)9-16)23(29)27-11-18-13-31-14-19(18)12-27;2-1-3/h2-6,16-19H,7-14H2,1H3;1H,(H,2,3)/t16-,17+,18-,19+;/m0./s1. The number of aryl methyl sites for hydroxylation is 1. The van der Waals surface area contributed by atoms with Crippen molar-refractivity contribution in [2.75, 3.05) is 44.3 Å². The van der Waals surface area contributed by atoms with Crippen LogP contribution in [0.25, 0.3) is 0 Å². The molecular formula is C25H30N4O5. The van der Waals surface area contributed by atoms with E-state index in [0.717, 1.165) is 44.2 Å². The smallest absolute Gasteiger partial charge is 0.290 e. The van der Waals surface area contributed by atoms with Gasteiger partial charge in [-0.15, -0.1) is 0 Å². The van der Waals surface area contributed by atoms with Gasteiger partial charge < -0.3 is 24.2 Å². The van der Waals surface area contributed by atoms with E-state index in [1.54, 1.807) is 6.07 Å². The van der Waals surface area contributed by atoms with Crippen molar-refractivity contribution in [1.29, 1.82) is 0 Å². The fraction of sp³-hybridized carbons (Fsp3) is 0.520. The number of fused-ring (bicyclic) bond motifs is 5. The van der Waals surface area contributed by atoms with Gasteiger partial charge in [0, 0.05) is 62.4 Å². The molecule has 34 heavy (non-hydrogen) atoms. The molecule has 2 aromatic heterocycles. The summed E-state index contributed by atoms with van der Waals surface area (Å²) in [5.41, 5.74) is 2.47. The van der Waals surface area contributed by atoms with Crippen molar-refractivity contribution in [2.45, 2.75) is 25.8 Å². The molecule has 0 spiro atoms. The third-order valence-electron chi connectivity index (χ3n) is 7.59. The maximum atomic E-state index is 13.4. The molecule has 3 saturated heterocycles. The quantitative estimate of drug-likeness (QED) is 0.670. The molecule has 0 saturated carbocycles. The molecule has 6 rings (SSSR count). The molecule has 0 radical (unpaired) electrons. The second-order valence-electron chi connectivity index (χ2n) is 9.86. The van der Waals surface area contributed by atoms with Gasteiger partial charge in [-0.25, -0.2) is 4.98 Å². The van der Waals surface area contributed by atoms with Crippen LogP contribution < -0.4 is 10.5 Å². The molecule has 4 atom stereocenters. The number of piperidine rings is 1. The lowest BCUT2D eigenvalue weighted by Gasteiger charge is -2.43. The molecule has 1 amide bonds. The number of hydrogen-bond acceptors (Lipinski definition) is 6. The maximum Gasteiger partial charge on any atom is 0.290 e. The Labute approximate surface area is 198 Å². The highest BCUT2D eigenvalue weighted by atomic mass is 16.5. The Bertz CT molecular complexity index is 1140. The Balaban J connectivity index is 0.000000764. The van der Waals surface area contributed by atoms with Gasteiger partial charge in [-0.05, 0) is 49.1 Å². The van der Waals surface area contributed by atoms with E-state index in [1.165, 1.54) is 5.56 Å². The summed E-state index contributed by atoms with van der Waals surface area (Å²) in [6.45, 7) is 7.13. The topological polar surface area (TPSA) is 105 Å². The highest BCUT2D eigenvalue weighted by Crippen LogP contribution is 2.37. The normalized spacial score (nSPS) is 26.9. The summed E-state index contributed by atoms with van der Waals surface area (Å²) in [7, 11) is 0. The van der Waals surface area contributed by atoms with Crippen LogP contribution in [0, 0.1) is 24.7 Å². The lowest BCUT2D eigenvalue weighted by Crippen LogP contribution is -2.48. The number of ether oxygens (including phenoxy) is 1. The molecule has 0 aliphatic carbocycles. The van der Waals surface area contributed by atoms with Crippen LogP contribution in [0.1, 0.15) is 34.0 Å². The molecule has 0 aromatic carbocycles. The van der Waals surface area contributed by atoms with Crippen molar-refractivity contribution in [3.05, 3.63) is 57.6 Å². The highest BCUT2D eigenvalue weighted by Gasteiger charge is 2.41. The van der Waals surface area contributed by atoms with E-state index < -0.39 is 0 Å². The third kappa shape index (κ3) is 4.09. The molecule has 180 valence electrons. The number of aromatic nitrogens is 2. The Morgan fingerprint density at radius 3 is 2.56 bits per heavy atom. The van der Waals surface area contributed by atoms with E-state index in [2.05, 4.69) is 22.9 Å². The van der Waals surface area contributed by atoms with Gasteiger partial charge in [0.15, 0.2) is 0 Å². The number of likely N-dealkylation sites (tertiary alicyclic amines) is 1. The molecule has 3 fully saturated rings. The maximum absolute atomic E-state index is 13.4. The van der Waals surface area contributed by atoms with E-state index in [0.29, 0.717) is 43.0 Å². The summed E-state index contributed by atoms with van der Waals surface area (Å²) in [6.07, 6.45) is 2.95. The minimum absolute atomic E-state index is 0.115. The van der Waals surface area contributed by atoms with Gasteiger partial charge in [0.1, 0.15) is 11.4 Å². The molecule has 4 aliphatic rings. The van der Waals surface area contributed by atoms with Gasteiger partial charge in [0.2, 0.25) is 0 Å². The molecule has 0 unspecified atom stereocenters. The van der Waals surface area contributed by atoms with E-state index in [9.17, 15) is 9.59 Å². The Kier molecular flexibility index (Phi) is 6.12.